The first-order chi connectivity index (χ1) is 16.8. The number of rotatable bonds is 4. The van der Waals surface area contributed by atoms with Gasteiger partial charge in [0.15, 0.2) is 0 Å². The predicted octanol–water partition coefficient (Wildman–Crippen LogP) is 6.88. The molecule has 172 valence electrons. The second kappa shape index (κ2) is 8.99. The highest BCUT2D eigenvalue weighted by atomic mass is 16.2. The van der Waals surface area contributed by atoms with Gasteiger partial charge in [0.1, 0.15) is 0 Å². The van der Waals surface area contributed by atoms with Gasteiger partial charge in [-0.2, -0.15) is 0 Å². The molecule has 2 unspecified atom stereocenters. The molecule has 4 aromatic rings. The van der Waals surface area contributed by atoms with E-state index in [1.54, 1.807) is 4.90 Å². The molecule has 0 spiro atoms. The summed E-state index contributed by atoms with van der Waals surface area (Å²) in [5.74, 6) is 0.573. The van der Waals surface area contributed by atoms with E-state index >= 15 is 0 Å². The Morgan fingerprint density at radius 1 is 0.912 bits per heavy atom. The third-order valence-corrected chi connectivity index (χ3v) is 7.46. The number of carbonyl (C=O) groups is 1. The largest absolute Gasteiger partial charge is 0.361 e. The van der Waals surface area contributed by atoms with Crippen LogP contribution >= 0.6 is 0 Å². The van der Waals surface area contributed by atoms with Gasteiger partial charge < -0.3 is 15.2 Å². The number of amides is 2. The van der Waals surface area contributed by atoms with Gasteiger partial charge in [-0.25, -0.2) is 4.79 Å². The van der Waals surface area contributed by atoms with Crippen molar-refractivity contribution in [1.29, 1.82) is 0 Å². The van der Waals surface area contributed by atoms with Crippen LogP contribution in [0.15, 0.2) is 85.1 Å². The molecule has 2 amide bonds. The second-order valence-electron chi connectivity index (χ2n) is 9.49. The van der Waals surface area contributed by atoms with Crippen LogP contribution in [-0.2, 0) is 0 Å². The quantitative estimate of drug-likeness (QED) is 0.356. The van der Waals surface area contributed by atoms with E-state index in [9.17, 15) is 4.79 Å². The van der Waals surface area contributed by atoms with Crippen LogP contribution in [0.5, 0.6) is 0 Å². The first-order valence-corrected chi connectivity index (χ1v) is 12.3. The molecule has 3 aromatic carbocycles. The summed E-state index contributed by atoms with van der Waals surface area (Å²) in [7, 11) is 0. The monoisotopic (exact) mass is 450 g/mol. The number of anilines is 3. The Hall–Kier alpha value is -3.57. The highest BCUT2D eigenvalue weighted by molar-refractivity contribution is 6.07. The molecule has 5 heteroatoms. The van der Waals surface area contributed by atoms with Crippen LogP contribution in [0.2, 0.25) is 0 Å². The Bertz CT molecular complexity index is 1240. The van der Waals surface area contributed by atoms with E-state index in [0.29, 0.717) is 5.92 Å². The minimum absolute atomic E-state index is 0.173. The van der Waals surface area contributed by atoms with E-state index in [2.05, 4.69) is 33.5 Å². The lowest BCUT2D eigenvalue weighted by Crippen LogP contribution is -2.37. The van der Waals surface area contributed by atoms with Crippen molar-refractivity contribution in [3.63, 3.8) is 0 Å². The van der Waals surface area contributed by atoms with Crippen LogP contribution in [0.25, 0.3) is 10.9 Å². The first-order valence-electron chi connectivity index (χ1n) is 12.3. The van der Waals surface area contributed by atoms with Gasteiger partial charge in [0, 0.05) is 28.8 Å². The zero-order valence-corrected chi connectivity index (χ0v) is 19.3. The van der Waals surface area contributed by atoms with Gasteiger partial charge in [-0.15, -0.1) is 0 Å². The molecule has 2 saturated heterocycles. The Kier molecular flexibility index (Phi) is 5.55. The first kappa shape index (κ1) is 21.0. The summed E-state index contributed by atoms with van der Waals surface area (Å²) in [5, 5.41) is 4.38. The topological polar surface area (TPSA) is 51.4 Å². The van der Waals surface area contributed by atoms with Gasteiger partial charge >= 0.3 is 6.03 Å². The smallest absolute Gasteiger partial charge is 0.330 e. The lowest BCUT2D eigenvalue weighted by Gasteiger charge is -2.34. The molecule has 0 aliphatic carbocycles. The minimum Gasteiger partial charge on any atom is -0.361 e. The number of H-pyrrole nitrogens is 1. The summed E-state index contributed by atoms with van der Waals surface area (Å²) in [6.45, 7) is 2.46. The van der Waals surface area contributed by atoms with Crippen molar-refractivity contribution >= 4 is 34.0 Å². The maximum Gasteiger partial charge on any atom is 0.330 e. The molecule has 0 radical (unpaired) electrons. The Balaban J connectivity index is 1.28. The van der Waals surface area contributed by atoms with Crippen molar-refractivity contribution in [2.45, 2.75) is 37.6 Å². The minimum atomic E-state index is -0.173. The van der Waals surface area contributed by atoms with Crippen molar-refractivity contribution in [2.24, 2.45) is 0 Å². The number of hydrogen-bond donors (Lipinski definition) is 2. The Labute approximate surface area is 200 Å². The molecule has 34 heavy (non-hydrogen) atoms. The molecular weight excluding hydrogens is 420 g/mol. The van der Waals surface area contributed by atoms with Crippen molar-refractivity contribution in [3.05, 3.63) is 90.6 Å². The Morgan fingerprint density at radius 2 is 1.65 bits per heavy atom. The molecule has 2 N–H and O–H groups in total. The number of benzene rings is 3. The molecule has 2 aliphatic rings. The van der Waals surface area contributed by atoms with E-state index in [1.165, 1.54) is 49.7 Å². The maximum atomic E-state index is 13.5. The van der Waals surface area contributed by atoms with Gasteiger partial charge in [-0.3, -0.25) is 4.90 Å². The normalized spacial score (nSPS) is 20.2. The second-order valence-corrected chi connectivity index (χ2v) is 9.49. The van der Waals surface area contributed by atoms with E-state index in [-0.39, 0.29) is 6.03 Å². The average molecular weight is 451 g/mol. The van der Waals surface area contributed by atoms with Gasteiger partial charge in [0.2, 0.25) is 0 Å². The highest BCUT2D eigenvalue weighted by Gasteiger charge is 2.33. The van der Waals surface area contributed by atoms with Crippen LogP contribution in [0.3, 0.4) is 0 Å². The molecule has 5 nitrogen and oxygen atoms in total. The fraction of sp³-hybridized carbons (Fsp3) is 0.276. The fourth-order valence-corrected chi connectivity index (χ4v) is 5.78. The number of para-hydroxylation sites is 2. The van der Waals surface area contributed by atoms with Crippen molar-refractivity contribution < 1.29 is 4.79 Å². The predicted molar refractivity (Wildman–Crippen MR) is 139 cm³/mol. The molecule has 2 fully saturated rings. The summed E-state index contributed by atoms with van der Waals surface area (Å²) in [6.07, 6.45) is 7.29. The van der Waals surface area contributed by atoms with E-state index in [1.807, 2.05) is 66.7 Å². The van der Waals surface area contributed by atoms with Crippen LogP contribution < -0.4 is 10.2 Å². The molecular formula is C29H30N4O. The van der Waals surface area contributed by atoms with Crippen LogP contribution in [0.4, 0.5) is 21.9 Å². The summed E-state index contributed by atoms with van der Waals surface area (Å²) >= 11 is 0. The number of nitrogens with one attached hydrogen (secondary N) is 2. The molecule has 2 aliphatic heterocycles. The van der Waals surface area contributed by atoms with Gasteiger partial charge in [-0.1, -0.05) is 36.4 Å². The average Bonchev–Trinajstić information content (AvgIpc) is 3.52. The van der Waals surface area contributed by atoms with Crippen LogP contribution in [0, 0.1) is 0 Å². The Morgan fingerprint density at radius 3 is 2.38 bits per heavy atom. The zero-order chi connectivity index (χ0) is 22.9. The van der Waals surface area contributed by atoms with Crippen molar-refractivity contribution in [3.8, 4) is 0 Å². The summed E-state index contributed by atoms with van der Waals surface area (Å²) in [5.41, 5.74) is 5.00. The third kappa shape index (κ3) is 3.97. The van der Waals surface area contributed by atoms with E-state index in [0.717, 1.165) is 28.6 Å². The summed E-state index contributed by atoms with van der Waals surface area (Å²) < 4.78 is 0. The highest BCUT2D eigenvalue weighted by Crippen LogP contribution is 2.39. The van der Waals surface area contributed by atoms with E-state index in [4.69, 9.17) is 0 Å². The molecule has 0 bridgehead atoms. The zero-order valence-electron chi connectivity index (χ0n) is 19.3. The number of hydrogen-bond acceptors (Lipinski definition) is 2. The van der Waals surface area contributed by atoms with Crippen molar-refractivity contribution in [2.75, 3.05) is 23.3 Å². The third-order valence-electron chi connectivity index (χ3n) is 7.46. The van der Waals surface area contributed by atoms with E-state index < -0.39 is 0 Å². The lowest BCUT2D eigenvalue weighted by molar-refractivity contribution is 0.181. The number of urea groups is 1. The number of aromatic nitrogens is 1. The number of fused-ring (bicyclic) bond motifs is 2. The summed E-state index contributed by atoms with van der Waals surface area (Å²) in [6, 6.07) is 26.3. The molecule has 1 aromatic heterocycles. The fourth-order valence-electron chi connectivity index (χ4n) is 5.78. The molecule has 3 heterocycles. The van der Waals surface area contributed by atoms with Gasteiger partial charge in [0.25, 0.3) is 0 Å². The maximum absolute atomic E-state index is 13.5. The number of aromatic amines is 1. The van der Waals surface area contributed by atoms with Crippen molar-refractivity contribution in [1.82, 2.24) is 9.88 Å². The molecule has 2 atom stereocenters. The van der Waals surface area contributed by atoms with Crippen LogP contribution in [-0.4, -0.2) is 35.0 Å². The summed E-state index contributed by atoms with van der Waals surface area (Å²) in [4.78, 5) is 21.3. The lowest BCUT2D eigenvalue weighted by atomic mass is 9.85. The molecule has 0 saturated carbocycles. The standard InChI is InChI=1S/C29H30N4O/c34-29(33(23-8-3-1-4-9-23)24-10-5-2-6-11-24)31-22-13-14-28-26(19-22)27(20-30-28)21-15-17-32-16-7-12-25(32)18-21/h1-6,8-11,13-14,19-21,25,30H,7,12,15-18H2,(H,31,34). The molecule has 6 rings (SSSR count). The number of piperidine rings is 1. The van der Waals surface area contributed by atoms with Crippen LogP contribution in [0.1, 0.15) is 37.2 Å². The van der Waals surface area contributed by atoms with Gasteiger partial charge in [-0.05, 0) is 92.7 Å². The SMILES string of the molecule is O=C(Nc1ccc2[nH]cc(C3CCN4CCCC4C3)c2c1)N(c1ccccc1)c1ccccc1. The number of nitrogens with zero attached hydrogens (tertiary/aromatic N) is 2. The number of carbonyl (C=O) groups excluding carboxylic acids is 1. The van der Waals surface area contributed by atoms with Gasteiger partial charge in [0.05, 0.1) is 11.4 Å².